The first-order valence-electron chi connectivity index (χ1n) is 6.00. The third-order valence-corrected chi connectivity index (χ3v) is 3.73. The topological polar surface area (TPSA) is 50.8 Å². The van der Waals surface area contributed by atoms with Gasteiger partial charge in [-0.2, -0.15) is 0 Å². The lowest BCUT2D eigenvalue weighted by molar-refractivity contribution is -0.120. The fourth-order valence-corrected chi connectivity index (χ4v) is 2.62. The van der Waals surface area contributed by atoms with Crippen molar-refractivity contribution in [1.29, 1.82) is 0 Å². The Balaban J connectivity index is 2.06. The molecule has 0 saturated carbocycles. The van der Waals surface area contributed by atoms with Gasteiger partial charge in [0.15, 0.2) is 0 Å². The molecule has 2 aliphatic heterocycles. The van der Waals surface area contributed by atoms with E-state index in [2.05, 4.69) is 10.2 Å². The number of rotatable bonds is 1. The number of hydrogen-bond donors (Lipinski definition) is 1. The van der Waals surface area contributed by atoms with Crippen molar-refractivity contribution < 1.29 is 14.3 Å². The third-order valence-electron chi connectivity index (χ3n) is 3.73. The zero-order valence-corrected chi connectivity index (χ0v) is 10.5. The number of ether oxygens (including phenoxy) is 2. The molecule has 96 valence electrons. The van der Waals surface area contributed by atoms with Crippen molar-refractivity contribution >= 4 is 17.3 Å². The highest BCUT2D eigenvalue weighted by molar-refractivity contribution is 5.98. The average Bonchev–Trinajstić information content (AvgIpc) is 2.84. The molecule has 5 nitrogen and oxygen atoms in total. The smallest absolute Gasteiger partial charge is 0.232 e. The molecule has 2 atom stereocenters. The average molecular weight is 248 g/mol. The van der Waals surface area contributed by atoms with Crippen LogP contribution in [0.25, 0.3) is 0 Å². The fraction of sp³-hybridized carbons (Fsp3) is 0.462. The van der Waals surface area contributed by atoms with Crippen LogP contribution in [-0.4, -0.2) is 39.3 Å². The van der Waals surface area contributed by atoms with Crippen molar-refractivity contribution in [2.24, 2.45) is 5.92 Å². The highest BCUT2D eigenvalue weighted by atomic mass is 16.5. The predicted molar refractivity (Wildman–Crippen MR) is 68.1 cm³/mol. The summed E-state index contributed by atoms with van der Waals surface area (Å²) in [5.74, 6) is 0.717. The summed E-state index contributed by atoms with van der Waals surface area (Å²) in [6.07, 6.45) is 0. The van der Waals surface area contributed by atoms with Crippen molar-refractivity contribution in [2.45, 2.75) is 6.04 Å². The number of nitrogens with zero attached hydrogens (tertiary/aromatic N) is 1. The van der Waals surface area contributed by atoms with E-state index in [1.54, 1.807) is 7.11 Å². The van der Waals surface area contributed by atoms with E-state index in [4.69, 9.17) is 9.47 Å². The van der Waals surface area contributed by atoms with E-state index in [9.17, 15) is 4.79 Å². The van der Waals surface area contributed by atoms with Crippen LogP contribution in [0.3, 0.4) is 0 Å². The van der Waals surface area contributed by atoms with Crippen molar-refractivity contribution in [3.63, 3.8) is 0 Å². The Kier molecular flexibility index (Phi) is 2.63. The second-order valence-electron chi connectivity index (χ2n) is 4.69. The molecule has 2 unspecified atom stereocenters. The summed E-state index contributed by atoms with van der Waals surface area (Å²) in [5.41, 5.74) is 1.80. The standard InChI is InChI=1S/C13H16N2O3/c1-15-11-5-8(17-2)3-4-10(11)14-13(16)9-6-18-7-12(9)15/h3-5,9,12H,6-7H2,1-2H3,(H,14,16). The lowest BCUT2D eigenvalue weighted by Gasteiger charge is -2.27. The van der Waals surface area contributed by atoms with Gasteiger partial charge in [0, 0.05) is 13.1 Å². The molecule has 2 aliphatic rings. The zero-order chi connectivity index (χ0) is 12.7. The van der Waals surface area contributed by atoms with E-state index in [1.807, 2.05) is 25.2 Å². The van der Waals surface area contributed by atoms with Crippen LogP contribution in [0.2, 0.25) is 0 Å². The quantitative estimate of drug-likeness (QED) is 0.808. The highest BCUT2D eigenvalue weighted by Crippen LogP contribution is 2.36. The molecule has 1 aromatic carbocycles. The van der Waals surface area contributed by atoms with Gasteiger partial charge in [-0.3, -0.25) is 4.79 Å². The molecule has 1 fully saturated rings. The Hall–Kier alpha value is -1.75. The minimum atomic E-state index is -0.103. The summed E-state index contributed by atoms with van der Waals surface area (Å²) in [7, 11) is 3.63. The van der Waals surface area contributed by atoms with Crippen molar-refractivity contribution in [2.75, 3.05) is 37.6 Å². The Morgan fingerprint density at radius 3 is 3.06 bits per heavy atom. The molecule has 1 aromatic rings. The second-order valence-corrected chi connectivity index (χ2v) is 4.69. The molecule has 1 saturated heterocycles. The molecule has 0 aliphatic carbocycles. The molecule has 3 rings (SSSR count). The van der Waals surface area contributed by atoms with Gasteiger partial charge in [0.05, 0.1) is 43.7 Å². The molecule has 2 heterocycles. The molecule has 0 bridgehead atoms. The third kappa shape index (κ3) is 1.62. The SMILES string of the molecule is COc1ccc2c(c1)N(C)C1COCC1C(=O)N2. The van der Waals surface area contributed by atoms with E-state index in [0.717, 1.165) is 17.1 Å². The van der Waals surface area contributed by atoms with Crippen molar-refractivity contribution in [3.8, 4) is 5.75 Å². The van der Waals surface area contributed by atoms with Crippen LogP contribution in [0.15, 0.2) is 18.2 Å². The number of benzene rings is 1. The van der Waals surface area contributed by atoms with Gasteiger partial charge in [0.1, 0.15) is 5.75 Å². The first-order valence-corrected chi connectivity index (χ1v) is 6.00. The van der Waals surface area contributed by atoms with Gasteiger partial charge in [-0.05, 0) is 12.1 Å². The maximum atomic E-state index is 12.1. The summed E-state index contributed by atoms with van der Waals surface area (Å²) in [4.78, 5) is 14.2. The Morgan fingerprint density at radius 2 is 2.28 bits per heavy atom. The maximum Gasteiger partial charge on any atom is 0.232 e. The van der Waals surface area contributed by atoms with Gasteiger partial charge in [0.2, 0.25) is 5.91 Å². The monoisotopic (exact) mass is 248 g/mol. The predicted octanol–water partition coefficient (Wildman–Crippen LogP) is 1.10. The van der Waals surface area contributed by atoms with E-state index in [0.29, 0.717) is 13.2 Å². The first kappa shape index (κ1) is 11.3. The van der Waals surface area contributed by atoms with Crippen LogP contribution in [0.4, 0.5) is 11.4 Å². The minimum absolute atomic E-state index is 0.0354. The first-order chi connectivity index (χ1) is 8.70. The Morgan fingerprint density at radius 1 is 1.44 bits per heavy atom. The summed E-state index contributed by atoms with van der Waals surface area (Å²) >= 11 is 0. The molecule has 0 aromatic heterocycles. The Labute approximate surface area is 106 Å². The summed E-state index contributed by atoms with van der Waals surface area (Å²) in [6, 6.07) is 5.77. The van der Waals surface area contributed by atoms with Crippen LogP contribution in [0.1, 0.15) is 0 Å². The minimum Gasteiger partial charge on any atom is -0.497 e. The molecule has 1 N–H and O–H groups in total. The molecule has 5 heteroatoms. The molecule has 0 spiro atoms. The normalized spacial score (nSPS) is 26.1. The summed E-state index contributed by atoms with van der Waals surface area (Å²) in [5, 5.41) is 2.96. The number of fused-ring (bicyclic) bond motifs is 2. The molecule has 0 radical (unpaired) electrons. The number of anilines is 2. The number of carbonyl (C=O) groups excluding carboxylic acids is 1. The maximum absolute atomic E-state index is 12.1. The van der Waals surface area contributed by atoms with E-state index in [1.165, 1.54) is 0 Å². The second kappa shape index (κ2) is 4.17. The summed E-state index contributed by atoms with van der Waals surface area (Å²) < 4.78 is 10.7. The molecular formula is C13H16N2O3. The number of hydrogen-bond acceptors (Lipinski definition) is 4. The Bertz CT molecular complexity index is 489. The lowest BCUT2D eigenvalue weighted by Crippen LogP contribution is -2.40. The van der Waals surface area contributed by atoms with Gasteiger partial charge >= 0.3 is 0 Å². The number of amides is 1. The van der Waals surface area contributed by atoms with Crippen molar-refractivity contribution in [1.82, 2.24) is 0 Å². The number of carbonyl (C=O) groups is 1. The number of nitrogens with one attached hydrogen (secondary N) is 1. The van der Waals surface area contributed by atoms with Crippen LogP contribution in [0, 0.1) is 5.92 Å². The van der Waals surface area contributed by atoms with E-state index in [-0.39, 0.29) is 17.9 Å². The molecule has 1 amide bonds. The number of likely N-dealkylation sites (N-methyl/N-ethyl adjacent to an activating group) is 1. The van der Waals surface area contributed by atoms with Crippen LogP contribution >= 0.6 is 0 Å². The van der Waals surface area contributed by atoms with Gasteiger partial charge < -0.3 is 19.7 Å². The summed E-state index contributed by atoms with van der Waals surface area (Å²) in [6.45, 7) is 1.08. The van der Waals surface area contributed by atoms with Gasteiger partial charge in [-0.25, -0.2) is 0 Å². The molecular weight excluding hydrogens is 232 g/mol. The van der Waals surface area contributed by atoms with E-state index >= 15 is 0 Å². The van der Waals surface area contributed by atoms with Gasteiger partial charge in [-0.1, -0.05) is 0 Å². The molecule has 18 heavy (non-hydrogen) atoms. The van der Waals surface area contributed by atoms with Crippen LogP contribution < -0.4 is 15.0 Å². The van der Waals surface area contributed by atoms with Crippen molar-refractivity contribution in [3.05, 3.63) is 18.2 Å². The largest absolute Gasteiger partial charge is 0.497 e. The van der Waals surface area contributed by atoms with Crippen LogP contribution in [0.5, 0.6) is 5.75 Å². The lowest BCUT2D eigenvalue weighted by atomic mass is 10.0. The van der Waals surface area contributed by atoms with Crippen LogP contribution in [-0.2, 0) is 9.53 Å². The van der Waals surface area contributed by atoms with Gasteiger partial charge in [-0.15, -0.1) is 0 Å². The number of methoxy groups -OCH3 is 1. The van der Waals surface area contributed by atoms with E-state index < -0.39 is 0 Å². The zero-order valence-electron chi connectivity index (χ0n) is 10.5. The van der Waals surface area contributed by atoms with Gasteiger partial charge in [0.25, 0.3) is 0 Å². The fourth-order valence-electron chi connectivity index (χ4n) is 2.62. The highest BCUT2D eigenvalue weighted by Gasteiger charge is 2.40.